The number of rotatable bonds is 5. The quantitative estimate of drug-likeness (QED) is 0.499. The topological polar surface area (TPSA) is 120 Å². The summed E-state index contributed by atoms with van der Waals surface area (Å²) in [7, 11) is 0. The average molecular weight is 552 g/mol. The zero-order valence-electron chi connectivity index (χ0n) is 19.6. The van der Waals surface area contributed by atoms with Crippen LogP contribution in [0.2, 0.25) is 5.02 Å². The first kappa shape index (κ1) is 27.9. The summed E-state index contributed by atoms with van der Waals surface area (Å²) in [4.78, 5) is 26.6. The Balaban J connectivity index is 0.00000180. The van der Waals surface area contributed by atoms with Gasteiger partial charge in [0.2, 0.25) is 11.7 Å². The van der Waals surface area contributed by atoms with Crippen molar-refractivity contribution in [2.24, 2.45) is 11.5 Å². The van der Waals surface area contributed by atoms with Gasteiger partial charge in [-0.2, -0.15) is 0 Å². The molecule has 2 heterocycles. The molecule has 0 atom stereocenters. The van der Waals surface area contributed by atoms with Crippen molar-refractivity contribution in [3.05, 3.63) is 70.5 Å². The molecule has 192 valence electrons. The maximum atomic E-state index is 13.3. The van der Waals surface area contributed by atoms with Gasteiger partial charge in [-0.15, -0.1) is 35.0 Å². The first-order chi connectivity index (χ1) is 16.4. The third-order valence-electron chi connectivity index (χ3n) is 7.38. The summed E-state index contributed by atoms with van der Waals surface area (Å²) in [5.41, 5.74) is 13.9. The molecule has 3 aromatic rings. The molecule has 8 nitrogen and oxygen atoms in total. The molecular formula is C25H29Cl3N6O2. The Bertz CT molecular complexity index is 1240. The fourth-order valence-corrected chi connectivity index (χ4v) is 5.54. The van der Waals surface area contributed by atoms with Gasteiger partial charge in [0.1, 0.15) is 0 Å². The Labute approximate surface area is 227 Å². The molecule has 1 aromatic heterocycles. The van der Waals surface area contributed by atoms with Gasteiger partial charge in [-0.05, 0) is 55.5 Å². The van der Waals surface area contributed by atoms with Crippen LogP contribution in [0.4, 0.5) is 0 Å². The van der Waals surface area contributed by atoms with E-state index in [0.29, 0.717) is 36.8 Å². The highest BCUT2D eigenvalue weighted by Crippen LogP contribution is 2.41. The van der Waals surface area contributed by atoms with Crippen molar-refractivity contribution in [3.8, 4) is 11.4 Å². The first-order valence-electron chi connectivity index (χ1n) is 11.5. The maximum absolute atomic E-state index is 13.3. The summed E-state index contributed by atoms with van der Waals surface area (Å²) >= 11 is 6.24. The first-order valence-corrected chi connectivity index (χ1v) is 11.9. The second-order valence-electron chi connectivity index (χ2n) is 9.16. The molecule has 1 aliphatic carbocycles. The van der Waals surface area contributed by atoms with E-state index in [-0.39, 0.29) is 42.2 Å². The average Bonchev–Trinajstić information content (AvgIpc) is 3.30. The summed E-state index contributed by atoms with van der Waals surface area (Å²) in [5.74, 6) is 0.394. The van der Waals surface area contributed by atoms with Gasteiger partial charge in [-0.25, -0.2) is 0 Å². The van der Waals surface area contributed by atoms with Crippen molar-refractivity contribution in [1.29, 1.82) is 0 Å². The predicted octanol–water partition coefficient (Wildman–Crippen LogP) is 3.84. The molecule has 11 heteroatoms. The standard InChI is InChI=1S/C25H27ClN6O2.2ClH/c26-19-3-1-2-18(14-19)25(15-27)10-8-20(9-11-25)31-12-13-32-22(29-30-23(32)24(31)34)17-6-4-16(5-7-17)21(28)33;;/h1-7,14,20H,8-13,15,27H2,(H2,28,33);2*1H/t20-,25-;;. The Morgan fingerprint density at radius 3 is 2.31 bits per heavy atom. The lowest BCUT2D eigenvalue weighted by molar-refractivity contribution is 0.0523. The van der Waals surface area contributed by atoms with Crippen LogP contribution in [-0.4, -0.2) is 50.6 Å². The number of carbonyl (C=O) groups is 2. The molecule has 2 amide bonds. The van der Waals surface area contributed by atoms with Crippen LogP contribution in [0.3, 0.4) is 0 Å². The molecule has 5 rings (SSSR count). The van der Waals surface area contributed by atoms with Crippen LogP contribution >= 0.6 is 36.4 Å². The van der Waals surface area contributed by atoms with Gasteiger partial charge in [0.15, 0.2) is 5.82 Å². The molecule has 1 aliphatic heterocycles. The minimum absolute atomic E-state index is 0. The molecular weight excluding hydrogens is 523 g/mol. The molecule has 2 aromatic carbocycles. The summed E-state index contributed by atoms with van der Waals surface area (Å²) in [6.45, 7) is 1.78. The lowest BCUT2D eigenvalue weighted by Crippen LogP contribution is -2.50. The van der Waals surface area contributed by atoms with Gasteiger partial charge in [-0.3, -0.25) is 9.59 Å². The smallest absolute Gasteiger partial charge is 0.292 e. The highest BCUT2D eigenvalue weighted by Gasteiger charge is 2.40. The number of fused-ring (bicyclic) bond motifs is 1. The van der Waals surface area contributed by atoms with Crippen LogP contribution in [0, 0.1) is 0 Å². The number of nitrogens with two attached hydrogens (primary N) is 2. The molecule has 0 spiro atoms. The highest BCUT2D eigenvalue weighted by atomic mass is 35.5. The minimum Gasteiger partial charge on any atom is -0.366 e. The number of hydrogen-bond donors (Lipinski definition) is 2. The van der Waals surface area contributed by atoms with Gasteiger partial charge in [0.05, 0.1) is 0 Å². The monoisotopic (exact) mass is 550 g/mol. The van der Waals surface area contributed by atoms with Crippen molar-refractivity contribution in [2.75, 3.05) is 13.1 Å². The lowest BCUT2D eigenvalue weighted by atomic mass is 9.68. The van der Waals surface area contributed by atoms with Crippen LogP contribution in [0.25, 0.3) is 11.4 Å². The fourth-order valence-electron chi connectivity index (χ4n) is 5.35. The summed E-state index contributed by atoms with van der Waals surface area (Å²) in [6.07, 6.45) is 3.57. The number of aromatic nitrogens is 3. The number of benzene rings is 2. The van der Waals surface area contributed by atoms with Crippen LogP contribution in [0.15, 0.2) is 48.5 Å². The Morgan fingerprint density at radius 1 is 1.03 bits per heavy atom. The van der Waals surface area contributed by atoms with Crippen molar-refractivity contribution in [1.82, 2.24) is 19.7 Å². The normalized spacial score (nSPS) is 21.2. The van der Waals surface area contributed by atoms with Crippen molar-refractivity contribution in [3.63, 3.8) is 0 Å². The Kier molecular flexibility index (Phi) is 8.67. The predicted molar refractivity (Wildman–Crippen MR) is 144 cm³/mol. The molecule has 1 fully saturated rings. The summed E-state index contributed by atoms with van der Waals surface area (Å²) in [5, 5.41) is 9.21. The van der Waals surface area contributed by atoms with E-state index in [1.165, 1.54) is 5.56 Å². The SMILES string of the molecule is Cl.Cl.NC[C@]1(c2cccc(Cl)c2)CC[C@H](N2CCn3c(nnc3-c3ccc(C(N)=O)cc3)C2=O)CC1. The molecule has 0 bridgehead atoms. The second-order valence-corrected chi connectivity index (χ2v) is 9.60. The number of hydrogen-bond acceptors (Lipinski definition) is 5. The number of amides is 2. The van der Waals surface area contributed by atoms with E-state index in [0.717, 1.165) is 36.3 Å². The van der Waals surface area contributed by atoms with Crippen LogP contribution in [0.5, 0.6) is 0 Å². The van der Waals surface area contributed by atoms with E-state index in [2.05, 4.69) is 16.3 Å². The van der Waals surface area contributed by atoms with Gasteiger partial charge in [0.25, 0.3) is 5.91 Å². The van der Waals surface area contributed by atoms with E-state index >= 15 is 0 Å². The van der Waals surface area contributed by atoms with Crippen LogP contribution < -0.4 is 11.5 Å². The van der Waals surface area contributed by atoms with Crippen molar-refractivity contribution >= 4 is 48.2 Å². The van der Waals surface area contributed by atoms with Crippen LogP contribution in [-0.2, 0) is 12.0 Å². The third kappa shape index (κ3) is 4.95. The van der Waals surface area contributed by atoms with Gasteiger partial charge in [0, 0.05) is 47.2 Å². The van der Waals surface area contributed by atoms with E-state index in [9.17, 15) is 9.59 Å². The summed E-state index contributed by atoms with van der Waals surface area (Å²) in [6, 6.07) is 15.0. The van der Waals surface area contributed by atoms with Crippen LogP contribution in [0.1, 0.15) is 52.2 Å². The third-order valence-corrected chi connectivity index (χ3v) is 7.61. The molecule has 0 radical (unpaired) electrons. The number of halogens is 3. The maximum Gasteiger partial charge on any atom is 0.292 e. The second kappa shape index (κ2) is 11.2. The van der Waals surface area contributed by atoms with E-state index in [4.69, 9.17) is 23.1 Å². The molecule has 1 saturated carbocycles. The molecule has 0 saturated heterocycles. The number of carbonyl (C=O) groups excluding carboxylic acids is 2. The highest BCUT2D eigenvalue weighted by molar-refractivity contribution is 6.30. The molecule has 2 aliphatic rings. The Hall–Kier alpha value is -2.65. The largest absolute Gasteiger partial charge is 0.366 e. The van der Waals surface area contributed by atoms with E-state index in [1.54, 1.807) is 24.3 Å². The minimum atomic E-state index is -0.484. The lowest BCUT2D eigenvalue weighted by Gasteiger charge is -2.44. The van der Waals surface area contributed by atoms with E-state index in [1.807, 2.05) is 27.7 Å². The van der Waals surface area contributed by atoms with Crippen molar-refractivity contribution in [2.45, 2.75) is 43.7 Å². The van der Waals surface area contributed by atoms with Gasteiger partial charge < -0.3 is 20.9 Å². The molecule has 36 heavy (non-hydrogen) atoms. The Morgan fingerprint density at radius 2 is 1.69 bits per heavy atom. The van der Waals surface area contributed by atoms with Crippen molar-refractivity contribution < 1.29 is 9.59 Å². The molecule has 0 unspecified atom stereocenters. The zero-order chi connectivity index (χ0) is 23.9. The van der Waals surface area contributed by atoms with E-state index < -0.39 is 5.91 Å². The fraction of sp³-hybridized carbons (Fsp3) is 0.360. The molecule has 4 N–H and O–H groups in total. The number of primary amides is 1. The van der Waals surface area contributed by atoms with Gasteiger partial charge >= 0.3 is 0 Å². The zero-order valence-corrected chi connectivity index (χ0v) is 22.0. The number of nitrogens with zero attached hydrogens (tertiary/aromatic N) is 4. The van der Waals surface area contributed by atoms with Gasteiger partial charge in [-0.1, -0.05) is 35.9 Å². The summed E-state index contributed by atoms with van der Waals surface area (Å²) < 4.78 is 1.86.